The van der Waals surface area contributed by atoms with Gasteiger partial charge in [-0.1, -0.05) is 0 Å². The van der Waals surface area contributed by atoms with Crippen LogP contribution in [0.1, 0.15) is 26.5 Å². The van der Waals surface area contributed by atoms with Gasteiger partial charge in [-0.25, -0.2) is 9.78 Å². The van der Waals surface area contributed by atoms with Crippen molar-refractivity contribution in [2.45, 2.75) is 38.8 Å². The first-order chi connectivity index (χ1) is 8.28. The average molecular weight is 254 g/mol. The molecule has 0 radical (unpaired) electrons. The zero-order chi connectivity index (χ0) is 13.8. The maximum atomic E-state index is 11.5. The van der Waals surface area contributed by atoms with E-state index in [0.717, 1.165) is 0 Å². The lowest BCUT2D eigenvalue weighted by Crippen LogP contribution is -2.47. The molecule has 7 nitrogen and oxygen atoms in total. The fourth-order valence-electron chi connectivity index (χ4n) is 1.28. The number of imidazole rings is 1. The van der Waals surface area contributed by atoms with E-state index in [0.29, 0.717) is 5.69 Å². The van der Waals surface area contributed by atoms with Crippen LogP contribution < -0.4 is 11.1 Å². The molecule has 0 aliphatic rings. The molecule has 100 valence electrons. The van der Waals surface area contributed by atoms with Crippen LogP contribution in [0.5, 0.6) is 0 Å². The van der Waals surface area contributed by atoms with Crippen LogP contribution in [-0.4, -0.2) is 33.6 Å². The van der Waals surface area contributed by atoms with Gasteiger partial charge in [0.1, 0.15) is 11.6 Å². The number of hydrogen-bond acceptors (Lipinski definition) is 4. The van der Waals surface area contributed by atoms with Crippen LogP contribution >= 0.6 is 0 Å². The van der Waals surface area contributed by atoms with Crippen molar-refractivity contribution in [1.82, 2.24) is 15.3 Å². The van der Waals surface area contributed by atoms with E-state index in [4.69, 9.17) is 10.5 Å². The molecule has 1 rings (SSSR count). The van der Waals surface area contributed by atoms with Gasteiger partial charge in [0.2, 0.25) is 5.91 Å². The monoisotopic (exact) mass is 254 g/mol. The zero-order valence-electron chi connectivity index (χ0n) is 10.7. The highest BCUT2D eigenvalue weighted by Crippen LogP contribution is 2.07. The Morgan fingerprint density at radius 1 is 1.56 bits per heavy atom. The van der Waals surface area contributed by atoms with Crippen LogP contribution in [0, 0.1) is 0 Å². The molecular weight excluding hydrogens is 236 g/mol. The molecule has 0 aliphatic heterocycles. The van der Waals surface area contributed by atoms with Crippen LogP contribution in [0.3, 0.4) is 0 Å². The van der Waals surface area contributed by atoms with Crippen molar-refractivity contribution in [3.05, 3.63) is 18.2 Å². The van der Waals surface area contributed by atoms with Gasteiger partial charge in [-0.05, 0) is 20.8 Å². The predicted molar refractivity (Wildman–Crippen MR) is 64.6 cm³/mol. The highest BCUT2D eigenvalue weighted by atomic mass is 16.6. The quantitative estimate of drug-likeness (QED) is 0.719. The van der Waals surface area contributed by atoms with Crippen molar-refractivity contribution < 1.29 is 14.3 Å². The number of primary amides is 1. The summed E-state index contributed by atoms with van der Waals surface area (Å²) in [5.74, 6) is -0.635. The lowest BCUT2D eigenvalue weighted by atomic mass is 10.1. The van der Waals surface area contributed by atoms with E-state index < -0.39 is 23.6 Å². The van der Waals surface area contributed by atoms with Crippen LogP contribution in [-0.2, 0) is 16.0 Å². The van der Waals surface area contributed by atoms with E-state index >= 15 is 0 Å². The molecule has 1 heterocycles. The highest BCUT2D eigenvalue weighted by molar-refractivity contribution is 5.84. The third kappa shape index (κ3) is 4.86. The van der Waals surface area contributed by atoms with Gasteiger partial charge in [-0.3, -0.25) is 4.79 Å². The fraction of sp³-hybridized carbons (Fsp3) is 0.545. The summed E-state index contributed by atoms with van der Waals surface area (Å²) in [6.45, 7) is 5.21. The Kier molecular flexibility index (Phi) is 4.30. The van der Waals surface area contributed by atoms with Gasteiger partial charge in [0, 0.05) is 12.6 Å². The number of carbonyl (C=O) groups is 2. The lowest BCUT2D eigenvalue weighted by molar-refractivity contribution is -0.120. The topological polar surface area (TPSA) is 110 Å². The largest absolute Gasteiger partial charge is 0.444 e. The molecule has 0 aromatic carbocycles. The van der Waals surface area contributed by atoms with Gasteiger partial charge in [-0.15, -0.1) is 0 Å². The number of carbonyl (C=O) groups excluding carboxylic acids is 2. The number of nitrogens with zero attached hydrogens (tertiary/aromatic N) is 1. The number of aromatic nitrogens is 2. The summed E-state index contributed by atoms with van der Waals surface area (Å²) < 4.78 is 5.05. The summed E-state index contributed by atoms with van der Waals surface area (Å²) in [4.78, 5) is 29.5. The molecule has 1 atom stereocenters. The highest BCUT2D eigenvalue weighted by Gasteiger charge is 2.23. The number of rotatable bonds is 4. The second kappa shape index (κ2) is 5.52. The van der Waals surface area contributed by atoms with Crippen LogP contribution in [0.25, 0.3) is 0 Å². The fourth-order valence-corrected chi connectivity index (χ4v) is 1.28. The van der Waals surface area contributed by atoms with Crippen molar-refractivity contribution >= 4 is 12.0 Å². The minimum Gasteiger partial charge on any atom is -0.444 e. The first-order valence-electron chi connectivity index (χ1n) is 5.54. The Morgan fingerprint density at radius 2 is 2.22 bits per heavy atom. The second-order valence-electron chi connectivity index (χ2n) is 4.87. The Morgan fingerprint density at radius 3 is 2.67 bits per heavy atom. The molecule has 0 saturated carbocycles. The molecule has 1 aromatic heterocycles. The zero-order valence-corrected chi connectivity index (χ0v) is 10.7. The maximum Gasteiger partial charge on any atom is 0.408 e. The number of nitrogens with one attached hydrogen (secondary N) is 2. The number of nitrogens with two attached hydrogens (primary N) is 1. The van der Waals surface area contributed by atoms with E-state index in [1.54, 1.807) is 27.0 Å². The molecule has 0 fully saturated rings. The SMILES string of the molecule is CC(C)(C)OC(=O)NC(Cc1c[nH]cn1)C(N)=O. The van der Waals surface area contributed by atoms with Crippen molar-refractivity contribution in [2.75, 3.05) is 0 Å². The predicted octanol–water partition coefficient (Wildman–Crippen LogP) is 0.331. The first-order valence-corrected chi connectivity index (χ1v) is 5.54. The molecule has 0 bridgehead atoms. The van der Waals surface area contributed by atoms with Gasteiger partial charge < -0.3 is 20.8 Å². The third-order valence-electron chi connectivity index (χ3n) is 2.00. The van der Waals surface area contributed by atoms with E-state index in [9.17, 15) is 9.59 Å². The number of aromatic amines is 1. The van der Waals surface area contributed by atoms with Crippen molar-refractivity contribution in [3.63, 3.8) is 0 Å². The summed E-state index contributed by atoms with van der Waals surface area (Å²) in [6, 6.07) is -0.844. The van der Waals surface area contributed by atoms with E-state index in [1.165, 1.54) is 6.33 Å². The van der Waals surface area contributed by atoms with E-state index in [2.05, 4.69) is 15.3 Å². The first kappa shape index (κ1) is 14.0. The average Bonchev–Trinajstić information content (AvgIpc) is 2.66. The van der Waals surface area contributed by atoms with E-state index in [-0.39, 0.29) is 6.42 Å². The molecule has 2 amide bonds. The van der Waals surface area contributed by atoms with Gasteiger partial charge in [0.25, 0.3) is 0 Å². The summed E-state index contributed by atoms with van der Waals surface area (Å²) >= 11 is 0. The normalized spacial score (nSPS) is 12.8. The second-order valence-corrected chi connectivity index (χ2v) is 4.87. The number of alkyl carbamates (subject to hydrolysis) is 1. The Balaban J connectivity index is 2.58. The summed E-state index contributed by atoms with van der Waals surface area (Å²) in [5, 5.41) is 2.42. The Labute approximate surface area is 105 Å². The Hall–Kier alpha value is -2.05. The van der Waals surface area contributed by atoms with Gasteiger partial charge in [0.05, 0.1) is 12.0 Å². The number of ether oxygens (including phenoxy) is 1. The molecule has 4 N–H and O–H groups in total. The number of hydrogen-bond donors (Lipinski definition) is 3. The molecule has 7 heteroatoms. The summed E-state index contributed by atoms with van der Waals surface area (Å²) in [5.41, 5.74) is 5.23. The third-order valence-corrected chi connectivity index (χ3v) is 2.00. The molecular formula is C11H18N4O3. The van der Waals surface area contributed by atoms with Crippen LogP contribution in [0.15, 0.2) is 12.5 Å². The van der Waals surface area contributed by atoms with Crippen molar-refractivity contribution in [2.24, 2.45) is 5.73 Å². The minimum atomic E-state index is -0.844. The van der Waals surface area contributed by atoms with Crippen LogP contribution in [0.2, 0.25) is 0 Å². The molecule has 0 aliphatic carbocycles. The maximum absolute atomic E-state index is 11.5. The smallest absolute Gasteiger partial charge is 0.408 e. The molecule has 0 saturated heterocycles. The van der Waals surface area contributed by atoms with Crippen LogP contribution in [0.4, 0.5) is 4.79 Å². The summed E-state index contributed by atoms with van der Waals surface area (Å²) in [7, 11) is 0. The summed E-state index contributed by atoms with van der Waals surface area (Å²) in [6.07, 6.45) is 2.66. The van der Waals surface area contributed by atoms with Gasteiger partial charge in [-0.2, -0.15) is 0 Å². The molecule has 1 unspecified atom stereocenters. The van der Waals surface area contributed by atoms with Crippen molar-refractivity contribution in [1.29, 1.82) is 0 Å². The molecule has 1 aromatic rings. The lowest BCUT2D eigenvalue weighted by Gasteiger charge is -2.22. The number of amides is 2. The van der Waals surface area contributed by atoms with E-state index in [1.807, 2.05) is 0 Å². The molecule has 0 spiro atoms. The van der Waals surface area contributed by atoms with Crippen molar-refractivity contribution in [3.8, 4) is 0 Å². The number of H-pyrrole nitrogens is 1. The van der Waals surface area contributed by atoms with Gasteiger partial charge in [0.15, 0.2) is 0 Å². The standard InChI is InChI=1S/C11H18N4O3/c1-11(2,3)18-10(17)15-8(9(12)16)4-7-5-13-6-14-7/h5-6,8H,4H2,1-3H3,(H2,12,16)(H,13,14)(H,15,17). The minimum absolute atomic E-state index is 0.220. The van der Waals surface area contributed by atoms with Gasteiger partial charge >= 0.3 is 6.09 Å². The molecule has 18 heavy (non-hydrogen) atoms. The Bertz CT molecular complexity index is 408.